The van der Waals surface area contributed by atoms with E-state index in [0.29, 0.717) is 10.9 Å². The molecule has 0 saturated carbocycles. The molecule has 4 nitrogen and oxygen atoms in total. The number of aryl methyl sites for hydroxylation is 1. The van der Waals surface area contributed by atoms with Crippen LogP contribution in [0.2, 0.25) is 0 Å². The summed E-state index contributed by atoms with van der Waals surface area (Å²) in [6.07, 6.45) is -4.46. The maximum atomic E-state index is 12.8. The molecule has 0 aliphatic rings. The number of hydrogen-bond acceptors (Lipinski definition) is 4. The second-order valence-electron chi connectivity index (χ2n) is 5.95. The van der Waals surface area contributed by atoms with E-state index in [2.05, 4.69) is 15.3 Å². The van der Waals surface area contributed by atoms with E-state index in [1.54, 1.807) is 6.07 Å². The van der Waals surface area contributed by atoms with E-state index < -0.39 is 17.6 Å². The maximum Gasteiger partial charge on any atom is 0.416 e. The van der Waals surface area contributed by atoms with Gasteiger partial charge in [0, 0.05) is 16.9 Å². The molecule has 1 N–H and O–H groups in total. The molecule has 1 aromatic heterocycles. The first kappa shape index (κ1) is 19.9. The highest BCUT2D eigenvalue weighted by molar-refractivity contribution is 7.99. The molecular weight excluding hydrogens is 387 g/mol. The van der Waals surface area contributed by atoms with Gasteiger partial charge in [-0.05, 0) is 31.2 Å². The van der Waals surface area contributed by atoms with Crippen molar-refractivity contribution in [3.63, 3.8) is 0 Å². The Bertz CT molecular complexity index is 978. The average molecular weight is 403 g/mol. The van der Waals surface area contributed by atoms with E-state index in [1.807, 2.05) is 37.3 Å². The number of carbonyl (C=O) groups is 1. The van der Waals surface area contributed by atoms with E-state index in [9.17, 15) is 18.0 Å². The van der Waals surface area contributed by atoms with Gasteiger partial charge in [0.15, 0.2) is 5.82 Å². The highest BCUT2D eigenvalue weighted by Gasteiger charge is 2.30. The van der Waals surface area contributed by atoms with Crippen LogP contribution < -0.4 is 5.32 Å². The first-order chi connectivity index (χ1) is 13.3. The fourth-order valence-corrected chi connectivity index (χ4v) is 3.20. The van der Waals surface area contributed by atoms with E-state index in [-0.39, 0.29) is 11.4 Å². The number of aromatic nitrogens is 2. The molecule has 144 valence electrons. The molecule has 28 heavy (non-hydrogen) atoms. The number of thioether (sulfide) groups is 1. The largest absolute Gasteiger partial charge is 0.416 e. The highest BCUT2D eigenvalue weighted by atomic mass is 32.2. The summed E-state index contributed by atoms with van der Waals surface area (Å²) in [7, 11) is 0. The second kappa shape index (κ2) is 8.43. The summed E-state index contributed by atoms with van der Waals surface area (Å²) < 4.78 is 38.3. The maximum absolute atomic E-state index is 12.8. The molecule has 0 aliphatic heterocycles. The van der Waals surface area contributed by atoms with Crippen molar-refractivity contribution in [1.29, 1.82) is 0 Å². The number of nitrogens with one attached hydrogen (secondary N) is 1. The minimum Gasteiger partial charge on any atom is -0.325 e. The summed E-state index contributed by atoms with van der Waals surface area (Å²) in [5, 5.41) is 3.10. The molecule has 8 heteroatoms. The first-order valence-electron chi connectivity index (χ1n) is 8.32. The van der Waals surface area contributed by atoms with Crippen molar-refractivity contribution in [3.05, 3.63) is 71.9 Å². The van der Waals surface area contributed by atoms with Gasteiger partial charge in [-0.1, -0.05) is 48.2 Å². The highest BCUT2D eigenvalue weighted by Crippen LogP contribution is 2.30. The van der Waals surface area contributed by atoms with Crippen molar-refractivity contribution < 1.29 is 18.0 Å². The lowest BCUT2D eigenvalue weighted by atomic mass is 10.2. The number of carbonyl (C=O) groups excluding carboxylic acids is 1. The van der Waals surface area contributed by atoms with Crippen molar-refractivity contribution in [2.45, 2.75) is 18.1 Å². The predicted molar refractivity (Wildman–Crippen MR) is 103 cm³/mol. The topological polar surface area (TPSA) is 54.9 Å². The van der Waals surface area contributed by atoms with E-state index >= 15 is 0 Å². The Labute approximate surface area is 164 Å². The number of hydrogen-bond donors (Lipinski definition) is 1. The van der Waals surface area contributed by atoms with Gasteiger partial charge < -0.3 is 5.32 Å². The number of alkyl halides is 3. The van der Waals surface area contributed by atoms with Gasteiger partial charge in [-0.2, -0.15) is 13.2 Å². The summed E-state index contributed by atoms with van der Waals surface area (Å²) in [6.45, 7) is 1.83. The van der Waals surface area contributed by atoms with Crippen LogP contribution in [0.5, 0.6) is 0 Å². The van der Waals surface area contributed by atoms with Crippen molar-refractivity contribution in [3.8, 4) is 11.4 Å². The zero-order valence-electron chi connectivity index (χ0n) is 14.8. The lowest BCUT2D eigenvalue weighted by molar-refractivity contribution is -0.137. The summed E-state index contributed by atoms with van der Waals surface area (Å²) in [4.78, 5) is 21.0. The SMILES string of the molecule is Cc1cc(SCC(=O)Nc2cccc(C(F)(F)F)c2)nc(-c2ccccc2)n1. The number of benzene rings is 2. The molecular formula is C20H16F3N3OS. The van der Waals surface area contributed by atoms with E-state index in [4.69, 9.17) is 0 Å². The van der Waals surface area contributed by atoms with E-state index in [0.717, 1.165) is 23.4 Å². The minimum atomic E-state index is -4.46. The molecule has 3 rings (SSSR count). The van der Waals surface area contributed by atoms with Crippen LogP contribution in [0.3, 0.4) is 0 Å². The zero-order valence-corrected chi connectivity index (χ0v) is 15.6. The fraction of sp³-hybridized carbons (Fsp3) is 0.150. The lowest BCUT2D eigenvalue weighted by Gasteiger charge is -2.10. The smallest absolute Gasteiger partial charge is 0.325 e. The molecule has 0 aliphatic carbocycles. The summed E-state index contributed by atoms with van der Waals surface area (Å²) in [5.74, 6) is 0.157. The summed E-state index contributed by atoms with van der Waals surface area (Å²) in [6, 6.07) is 15.7. The lowest BCUT2D eigenvalue weighted by Crippen LogP contribution is -2.15. The third kappa shape index (κ3) is 5.32. The molecule has 0 atom stereocenters. The van der Waals surface area contributed by atoms with Crippen LogP contribution in [-0.4, -0.2) is 21.6 Å². The van der Waals surface area contributed by atoms with Gasteiger partial charge >= 0.3 is 6.18 Å². The second-order valence-corrected chi connectivity index (χ2v) is 6.95. The average Bonchev–Trinajstić information content (AvgIpc) is 2.66. The normalized spacial score (nSPS) is 11.3. The van der Waals surface area contributed by atoms with Gasteiger partial charge in [-0.15, -0.1) is 0 Å². The van der Waals surface area contributed by atoms with Gasteiger partial charge in [0.1, 0.15) is 5.03 Å². The van der Waals surface area contributed by atoms with Crippen LogP contribution in [0, 0.1) is 6.92 Å². The Balaban J connectivity index is 1.66. The number of rotatable bonds is 5. The number of nitrogens with zero attached hydrogens (tertiary/aromatic N) is 2. The van der Waals surface area contributed by atoms with Crippen LogP contribution in [0.4, 0.5) is 18.9 Å². The van der Waals surface area contributed by atoms with Gasteiger partial charge in [-0.25, -0.2) is 9.97 Å². The van der Waals surface area contributed by atoms with Gasteiger partial charge in [0.2, 0.25) is 5.91 Å². The first-order valence-corrected chi connectivity index (χ1v) is 9.31. The Morgan fingerprint density at radius 2 is 1.79 bits per heavy atom. The molecule has 0 unspecified atom stereocenters. The molecule has 3 aromatic rings. The van der Waals surface area contributed by atoms with Crippen LogP contribution in [0.15, 0.2) is 65.7 Å². The molecule has 1 heterocycles. The predicted octanol–water partition coefficient (Wildman–Crippen LogP) is 5.20. The Hall–Kier alpha value is -2.87. The molecule has 0 spiro atoms. The monoisotopic (exact) mass is 403 g/mol. The van der Waals surface area contributed by atoms with Crippen molar-refractivity contribution in [1.82, 2.24) is 9.97 Å². The quantitative estimate of drug-likeness (QED) is 0.470. The van der Waals surface area contributed by atoms with Gasteiger partial charge in [-0.3, -0.25) is 4.79 Å². The molecule has 1 amide bonds. The Morgan fingerprint density at radius 3 is 2.50 bits per heavy atom. The summed E-state index contributed by atoms with van der Waals surface area (Å²) in [5.41, 5.74) is 0.914. The summed E-state index contributed by atoms with van der Waals surface area (Å²) >= 11 is 1.20. The van der Waals surface area contributed by atoms with Gasteiger partial charge in [0.05, 0.1) is 11.3 Å². The number of halogens is 3. The third-order valence-corrected chi connectivity index (χ3v) is 4.60. The Morgan fingerprint density at radius 1 is 1.04 bits per heavy atom. The fourth-order valence-electron chi connectivity index (χ4n) is 2.44. The van der Waals surface area contributed by atoms with Gasteiger partial charge in [0.25, 0.3) is 0 Å². The minimum absolute atomic E-state index is 0.0148. The van der Waals surface area contributed by atoms with Crippen molar-refractivity contribution in [2.24, 2.45) is 0 Å². The Kier molecular flexibility index (Phi) is 5.99. The molecule has 0 bridgehead atoms. The van der Waals surface area contributed by atoms with Crippen LogP contribution in [-0.2, 0) is 11.0 Å². The molecule has 0 fully saturated rings. The zero-order chi connectivity index (χ0) is 20.1. The number of amides is 1. The molecule has 0 radical (unpaired) electrons. The third-order valence-electron chi connectivity index (χ3n) is 3.69. The molecule has 0 saturated heterocycles. The van der Waals surface area contributed by atoms with Crippen LogP contribution in [0.1, 0.15) is 11.3 Å². The van der Waals surface area contributed by atoms with Crippen LogP contribution >= 0.6 is 11.8 Å². The van der Waals surface area contributed by atoms with E-state index in [1.165, 1.54) is 23.9 Å². The molecule has 2 aromatic carbocycles. The van der Waals surface area contributed by atoms with Crippen molar-refractivity contribution >= 4 is 23.4 Å². The number of anilines is 1. The van der Waals surface area contributed by atoms with Crippen molar-refractivity contribution in [2.75, 3.05) is 11.1 Å². The standard InChI is InChI=1S/C20H16F3N3OS/c1-13-10-18(26-19(24-13)14-6-3-2-4-7-14)28-12-17(27)25-16-9-5-8-15(11-16)20(21,22)23/h2-11H,12H2,1H3,(H,25,27). The van der Waals surface area contributed by atoms with Crippen LogP contribution in [0.25, 0.3) is 11.4 Å².